The zero-order chi connectivity index (χ0) is 23.9. The van der Waals surface area contributed by atoms with Crippen LogP contribution in [0.5, 0.6) is 5.75 Å². The molecule has 1 N–H and O–H groups in total. The van der Waals surface area contributed by atoms with E-state index in [0.717, 1.165) is 21.8 Å². The molecule has 1 aliphatic heterocycles. The van der Waals surface area contributed by atoms with E-state index in [1.807, 2.05) is 30.3 Å². The van der Waals surface area contributed by atoms with Crippen molar-refractivity contribution in [1.29, 1.82) is 5.26 Å². The number of aryl methyl sites for hydroxylation is 1. The molecular weight excluding hydrogens is 452 g/mol. The molecule has 2 aromatic heterocycles. The number of pyridine rings is 1. The monoisotopic (exact) mass is 476 g/mol. The minimum atomic E-state index is -0.425. The number of nitrogens with zero attached hydrogens (tertiary/aromatic N) is 3. The van der Waals surface area contributed by atoms with Gasteiger partial charge in [0.15, 0.2) is 0 Å². The van der Waals surface area contributed by atoms with Crippen molar-refractivity contribution in [3.63, 3.8) is 0 Å². The number of carbonyl (C=O) groups excluding carboxylic acids is 2. The first-order chi connectivity index (χ1) is 16.6. The Morgan fingerprint density at radius 1 is 1.24 bits per heavy atom. The van der Waals surface area contributed by atoms with Crippen LogP contribution < -0.4 is 10.1 Å². The van der Waals surface area contributed by atoms with Crippen molar-refractivity contribution in [3.8, 4) is 11.8 Å². The first kappa shape index (κ1) is 23.3. The van der Waals surface area contributed by atoms with Crippen LogP contribution >= 0.6 is 11.3 Å². The summed E-state index contributed by atoms with van der Waals surface area (Å²) >= 11 is 1.34. The molecule has 0 spiro atoms. The predicted molar refractivity (Wildman–Crippen MR) is 128 cm³/mol. The molecule has 0 atom stereocenters. The fourth-order valence-electron chi connectivity index (χ4n) is 3.82. The highest BCUT2D eigenvalue weighted by Gasteiger charge is 2.28. The van der Waals surface area contributed by atoms with E-state index in [1.165, 1.54) is 11.3 Å². The van der Waals surface area contributed by atoms with Gasteiger partial charge in [-0.2, -0.15) is 5.26 Å². The molecular formula is C25H24N4O4S. The summed E-state index contributed by atoms with van der Waals surface area (Å²) in [5, 5.41) is 13.1. The number of nitriles is 1. The molecule has 0 fully saturated rings. The number of aromatic nitrogens is 1. The second kappa shape index (κ2) is 10.8. The van der Waals surface area contributed by atoms with Gasteiger partial charge < -0.3 is 19.7 Å². The summed E-state index contributed by atoms with van der Waals surface area (Å²) in [6.07, 6.45) is 2.55. The number of amides is 2. The summed E-state index contributed by atoms with van der Waals surface area (Å²) in [7, 11) is 1.60. The second-order valence-electron chi connectivity index (χ2n) is 7.73. The molecule has 0 saturated carbocycles. The van der Waals surface area contributed by atoms with E-state index in [0.29, 0.717) is 42.2 Å². The third kappa shape index (κ3) is 5.35. The maximum absolute atomic E-state index is 12.6. The van der Waals surface area contributed by atoms with Gasteiger partial charge in [0.05, 0.1) is 24.9 Å². The van der Waals surface area contributed by atoms with Crippen molar-refractivity contribution in [2.45, 2.75) is 32.4 Å². The Labute approximate surface area is 201 Å². The van der Waals surface area contributed by atoms with E-state index in [1.54, 1.807) is 30.3 Å². The van der Waals surface area contributed by atoms with E-state index in [-0.39, 0.29) is 18.9 Å². The van der Waals surface area contributed by atoms with E-state index in [9.17, 15) is 14.9 Å². The number of hydrogen-bond acceptors (Lipinski definition) is 7. The largest absolute Gasteiger partial charge is 0.496 e. The topological polar surface area (TPSA) is 105 Å². The number of rotatable bonds is 7. The van der Waals surface area contributed by atoms with Crippen LogP contribution in [0, 0.1) is 11.3 Å². The van der Waals surface area contributed by atoms with E-state index in [2.05, 4.69) is 16.4 Å². The summed E-state index contributed by atoms with van der Waals surface area (Å²) in [5.74, 6) is 0.572. The quantitative estimate of drug-likeness (QED) is 0.546. The van der Waals surface area contributed by atoms with Crippen molar-refractivity contribution >= 4 is 28.3 Å². The molecule has 1 aromatic carbocycles. The maximum Gasteiger partial charge on any atom is 0.410 e. The van der Waals surface area contributed by atoms with Crippen molar-refractivity contribution < 1.29 is 19.1 Å². The van der Waals surface area contributed by atoms with Gasteiger partial charge in [-0.05, 0) is 42.2 Å². The lowest BCUT2D eigenvalue weighted by Gasteiger charge is -2.26. The number of anilines is 1. The Bertz CT molecular complexity index is 1220. The van der Waals surface area contributed by atoms with Crippen LogP contribution in [0.2, 0.25) is 0 Å². The van der Waals surface area contributed by atoms with Crippen LogP contribution in [0.4, 0.5) is 9.80 Å². The van der Waals surface area contributed by atoms with Gasteiger partial charge in [-0.15, -0.1) is 11.3 Å². The Morgan fingerprint density at radius 2 is 2.06 bits per heavy atom. The Kier molecular flexibility index (Phi) is 7.40. The number of carbonyl (C=O) groups is 2. The lowest BCUT2D eigenvalue weighted by Crippen LogP contribution is -2.35. The van der Waals surface area contributed by atoms with E-state index < -0.39 is 6.09 Å². The average Bonchev–Trinajstić information content (AvgIpc) is 3.22. The van der Waals surface area contributed by atoms with E-state index >= 15 is 0 Å². The molecule has 0 aliphatic carbocycles. The van der Waals surface area contributed by atoms with Crippen LogP contribution in [0.3, 0.4) is 0 Å². The molecule has 3 heterocycles. The number of ether oxygens (including phenoxy) is 2. The second-order valence-corrected chi connectivity index (χ2v) is 8.83. The summed E-state index contributed by atoms with van der Waals surface area (Å²) in [6.45, 7) is 0.887. The molecule has 0 unspecified atom stereocenters. The molecule has 9 heteroatoms. The normalized spacial score (nSPS) is 12.4. The molecule has 0 bridgehead atoms. The predicted octanol–water partition coefficient (Wildman–Crippen LogP) is 4.29. The SMILES string of the molecule is COc1ccccc1CCC(=O)Nc1sc2c(c1C#N)CCN(C(=O)OCc1ccccn1)C2. The van der Waals surface area contributed by atoms with Gasteiger partial charge in [0.25, 0.3) is 0 Å². The summed E-state index contributed by atoms with van der Waals surface area (Å²) in [6, 6.07) is 15.2. The molecule has 2 amide bonds. The smallest absolute Gasteiger partial charge is 0.410 e. The zero-order valence-corrected chi connectivity index (χ0v) is 19.6. The van der Waals surface area contributed by atoms with Crippen molar-refractivity contribution in [2.75, 3.05) is 19.0 Å². The summed E-state index contributed by atoms with van der Waals surface area (Å²) in [5.41, 5.74) is 2.99. The molecule has 174 valence electrons. The lowest BCUT2D eigenvalue weighted by molar-refractivity contribution is -0.116. The third-order valence-corrected chi connectivity index (χ3v) is 6.70. The van der Waals surface area contributed by atoms with Crippen LogP contribution in [-0.2, 0) is 35.5 Å². The first-order valence-corrected chi connectivity index (χ1v) is 11.7. The van der Waals surface area contributed by atoms with Gasteiger partial charge >= 0.3 is 6.09 Å². The highest BCUT2D eigenvalue weighted by molar-refractivity contribution is 7.16. The maximum atomic E-state index is 12.6. The molecule has 0 saturated heterocycles. The van der Waals surface area contributed by atoms with Crippen LogP contribution in [-0.4, -0.2) is 35.5 Å². The zero-order valence-electron chi connectivity index (χ0n) is 18.7. The Balaban J connectivity index is 1.37. The van der Waals surface area contributed by atoms with Gasteiger partial charge in [-0.1, -0.05) is 24.3 Å². The number of benzene rings is 1. The lowest BCUT2D eigenvalue weighted by atomic mass is 10.0. The van der Waals surface area contributed by atoms with Crippen LogP contribution in [0.15, 0.2) is 48.7 Å². The van der Waals surface area contributed by atoms with Gasteiger partial charge in [-0.3, -0.25) is 9.78 Å². The van der Waals surface area contributed by atoms with Crippen molar-refractivity contribution in [3.05, 3.63) is 75.9 Å². The van der Waals surface area contributed by atoms with Crippen LogP contribution in [0.25, 0.3) is 0 Å². The molecule has 0 radical (unpaired) electrons. The molecule has 4 rings (SSSR count). The average molecular weight is 477 g/mol. The van der Waals surface area contributed by atoms with Crippen molar-refractivity contribution in [1.82, 2.24) is 9.88 Å². The number of hydrogen-bond donors (Lipinski definition) is 1. The molecule has 3 aromatic rings. The number of nitrogens with one attached hydrogen (secondary N) is 1. The fraction of sp³-hybridized carbons (Fsp3) is 0.280. The Hall–Kier alpha value is -3.90. The highest BCUT2D eigenvalue weighted by atomic mass is 32.1. The third-order valence-electron chi connectivity index (χ3n) is 5.56. The first-order valence-electron chi connectivity index (χ1n) is 10.9. The standard InChI is InChI=1S/C25H24N4O4S/c1-32-21-8-3-2-6-17(21)9-10-23(30)28-24-20(14-26)19-11-13-29(15-22(19)34-24)25(31)33-16-18-7-4-5-12-27-18/h2-8,12H,9-11,13,15-16H2,1H3,(H,28,30). The minimum absolute atomic E-state index is 0.102. The van der Waals surface area contributed by atoms with Crippen molar-refractivity contribution in [2.24, 2.45) is 0 Å². The highest BCUT2D eigenvalue weighted by Crippen LogP contribution is 2.37. The number of fused-ring (bicyclic) bond motifs is 1. The van der Waals surface area contributed by atoms with Crippen LogP contribution in [0.1, 0.15) is 33.7 Å². The fourth-order valence-corrected chi connectivity index (χ4v) is 5.05. The van der Waals surface area contributed by atoms with Gasteiger partial charge in [0.1, 0.15) is 23.4 Å². The molecule has 34 heavy (non-hydrogen) atoms. The van der Waals surface area contributed by atoms with Gasteiger partial charge in [-0.25, -0.2) is 4.79 Å². The molecule has 1 aliphatic rings. The Morgan fingerprint density at radius 3 is 2.82 bits per heavy atom. The van der Waals surface area contributed by atoms with Gasteiger partial charge in [0, 0.05) is 24.0 Å². The van der Waals surface area contributed by atoms with E-state index in [4.69, 9.17) is 9.47 Å². The minimum Gasteiger partial charge on any atom is -0.496 e. The summed E-state index contributed by atoms with van der Waals surface area (Å²) in [4.78, 5) is 31.8. The number of methoxy groups -OCH3 is 1. The summed E-state index contributed by atoms with van der Waals surface area (Å²) < 4.78 is 10.7. The number of thiophene rings is 1. The molecule has 8 nitrogen and oxygen atoms in total. The number of para-hydroxylation sites is 1. The van der Waals surface area contributed by atoms with Gasteiger partial charge in [0.2, 0.25) is 5.91 Å².